The van der Waals surface area contributed by atoms with Gasteiger partial charge in [-0.3, -0.25) is 4.90 Å². The van der Waals surface area contributed by atoms with Crippen molar-refractivity contribution in [1.29, 1.82) is 0 Å². The fraction of sp³-hybridized carbons (Fsp3) is 0.500. The van der Waals surface area contributed by atoms with Crippen molar-refractivity contribution in [3.05, 3.63) is 35.9 Å². The van der Waals surface area contributed by atoms with Crippen LogP contribution in [0.1, 0.15) is 12.5 Å². The van der Waals surface area contributed by atoms with Crippen LogP contribution in [0.5, 0.6) is 0 Å². The highest BCUT2D eigenvalue weighted by molar-refractivity contribution is 7.80. The predicted octanol–water partition coefficient (Wildman–Crippen LogP) is 2.41. The minimum Gasteiger partial charge on any atom is -0.369 e. The van der Waals surface area contributed by atoms with E-state index < -0.39 is 0 Å². The summed E-state index contributed by atoms with van der Waals surface area (Å²) in [6.07, 6.45) is 0. The zero-order valence-corrected chi connectivity index (χ0v) is 10.3. The molecule has 0 saturated carbocycles. The van der Waals surface area contributed by atoms with Crippen molar-refractivity contribution >= 4 is 12.6 Å². The van der Waals surface area contributed by atoms with Gasteiger partial charge in [0.05, 0.1) is 6.73 Å². The van der Waals surface area contributed by atoms with Gasteiger partial charge in [-0.1, -0.05) is 37.3 Å². The molecule has 15 heavy (non-hydrogen) atoms. The Bertz CT molecular complexity index is 264. The molecule has 0 aromatic heterocycles. The van der Waals surface area contributed by atoms with Crippen LogP contribution < -0.4 is 0 Å². The van der Waals surface area contributed by atoms with Crippen molar-refractivity contribution in [1.82, 2.24) is 4.90 Å². The molecule has 84 valence electrons. The molecule has 0 spiro atoms. The first-order chi connectivity index (χ1) is 7.22. The number of hydrogen-bond acceptors (Lipinski definition) is 3. The topological polar surface area (TPSA) is 12.5 Å². The summed E-state index contributed by atoms with van der Waals surface area (Å²) >= 11 is 4.40. The molecule has 0 aliphatic carbocycles. The van der Waals surface area contributed by atoms with Gasteiger partial charge in [-0.05, 0) is 5.56 Å². The summed E-state index contributed by atoms with van der Waals surface area (Å²) in [6, 6.07) is 10.4. The van der Waals surface area contributed by atoms with Crippen LogP contribution in [0.15, 0.2) is 30.3 Å². The number of thiol groups is 1. The first-order valence-electron chi connectivity index (χ1n) is 5.15. The molecule has 0 heterocycles. The highest BCUT2D eigenvalue weighted by Gasteiger charge is 2.07. The molecule has 1 rings (SSSR count). The van der Waals surface area contributed by atoms with Gasteiger partial charge in [0.1, 0.15) is 0 Å². The third-order valence-electron chi connectivity index (χ3n) is 2.08. The highest BCUT2D eigenvalue weighted by Crippen LogP contribution is 2.06. The van der Waals surface area contributed by atoms with Crippen LogP contribution >= 0.6 is 12.6 Å². The Balaban J connectivity index is 2.50. The van der Waals surface area contributed by atoms with Gasteiger partial charge in [0.25, 0.3) is 0 Å². The molecule has 2 nitrogen and oxygen atoms in total. The Morgan fingerprint density at radius 3 is 2.53 bits per heavy atom. The third-order valence-corrected chi connectivity index (χ3v) is 2.25. The number of hydrogen-bond donors (Lipinski definition) is 1. The molecule has 3 heteroatoms. The second-order valence-corrected chi connectivity index (χ2v) is 4.65. The minimum atomic E-state index is 0.365. The van der Waals surface area contributed by atoms with Crippen molar-refractivity contribution < 1.29 is 4.74 Å². The van der Waals surface area contributed by atoms with Crippen molar-refractivity contribution in [3.63, 3.8) is 0 Å². The Kier molecular flexibility index (Phi) is 5.76. The van der Waals surface area contributed by atoms with E-state index in [0.29, 0.717) is 12.0 Å². The van der Waals surface area contributed by atoms with E-state index in [0.717, 1.165) is 13.1 Å². The lowest BCUT2D eigenvalue weighted by molar-refractivity contribution is 0.0590. The second kappa shape index (κ2) is 6.88. The van der Waals surface area contributed by atoms with Crippen molar-refractivity contribution in [3.8, 4) is 0 Å². The predicted molar refractivity (Wildman–Crippen MR) is 67.2 cm³/mol. The van der Waals surface area contributed by atoms with Crippen LogP contribution in [-0.2, 0) is 11.3 Å². The summed E-state index contributed by atoms with van der Waals surface area (Å²) in [5, 5.41) is 0.365. The molecule has 0 aliphatic rings. The molecule has 0 N–H and O–H groups in total. The largest absolute Gasteiger partial charge is 0.369 e. The Labute approximate surface area is 97.6 Å². The van der Waals surface area contributed by atoms with Gasteiger partial charge in [0.15, 0.2) is 0 Å². The van der Waals surface area contributed by atoms with E-state index in [4.69, 9.17) is 4.74 Å². The van der Waals surface area contributed by atoms with Crippen LogP contribution in [0.25, 0.3) is 0 Å². The van der Waals surface area contributed by atoms with E-state index in [1.165, 1.54) is 5.56 Å². The zero-order chi connectivity index (χ0) is 11.1. The lowest BCUT2D eigenvalue weighted by Crippen LogP contribution is -2.30. The molecule has 0 saturated heterocycles. The number of ether oxygens (including phenoxy) is 1. The summed E-state index contributed by atoms with van der Waals surface area (Å²) in [6.45, 7) is 4.60. The zero-order valence-electron chi connectivity index (χ0n) is 9.39. The molecule has 0 amide bonds. The van der Waals surface area contributed by atoms with Crippen molar-refractivity contribution in [2.45, 2.75) is 18.7 Å². The molecule has 0 aliphatic heterocycles. The number of rotatable bonds is 6. The molecular weight excluding hydrogens is 206 g/mol. The lowest BCUT2D eigenvalue weighted by atomic mass is 10.2. The number of benzene rings is 1. The summed E-state index contributed by atoms with van der Waals surface area (Å²) in [4.78, 5) is 2.24. The average Bonchev–Trinajstić information content (AvgIpc) is 2.18. The second-order valence-electron chi connectivity index (χ2n) is 3.76. The minimum absolute atomic E-state index is 0.365. The Morgan fingerprint density at radius 1 is 1.33 bits per heavy atom. The van der Waals surface area contributed by atoms with Gasteiger partial charge in [-0.2, -0.15) is 12.6 Å². The normalized spacial score (nSPS) is 13.1. The summed E-state index contributed by atoms with van der Waals surface area (Å²) in [7, 11) is 1.72. The molecule has 1 aromatic rings. The molecule has 1 aromatic carbocycles. The van der Waals surface area contributed by atoms with Crippen molar-refractivity contribution in [2.24, 2.45) is 0 Å². The number of methoxy groups -OCH3 is 1. The first-order valence-corrected chi connectivity index (χ1v) is 5.67. The summed E-state index contributed by atoms with van der Waals surface area (Å²) in [5.41, 5.74) is 1.31. The third kappa shape index (κ3) is 5.21. The summed E-state index contributed by atoms with van der Waals surface area (Å²) < 4.78 is 5.17. The first kappa shape index (κ1) is 12.6. The quantitative estimate of drug-likeness (QED) is 0.589. The highest BCUT2D eigenvalue weighted by atomic mass is 32.1. The van der Waals surface area contributed by atoms with Crippen LogP contribution in [0.2, 0.25) is 0 Å². The molecule has 0 fully saturated rings. The SMILES string of the molecule is COCN(Cc1ccccc1)CC(C)S. The molecular formula is C12H19NOS. The molecule has 0 bridgehead atoms. The molecule has 0 radical (unpaired) electrons. The Morgan fingerprint density at radius 2 is 2.00 bits per heavy atom. The maximum atomic E-state index is 5.17. The van der Waals surface area contributed by atoms with E-state index in [1.54, 1.807) is 7.11 Å². The van der Waals surface area contributed by atoms with E-state index >= 15 is 0 Å². The summed E-state index contributed by atoms with van der Waals surface area (Å²) in [5.74, 6) is 0. The Hall–Kier alpha value is -0.510. The fourth-order valence-corrected chi connectivity index (χ4v) is 1.79. The molecule has 1 atom stereocenters. The van der Waals surface area contributed by atoms with Crippen LogP contribution in [0, 0.1) is 0 Å². The van der Waals surface area contributed by atoms with Crippen LogP contribution in [-0.4, -0.2) is 30.5 Å². The van der Waals surface area contributed by atoms with E-state index in [2.05, 4.69) is 48.7 Å². The number of nitrogens with zero attached hydrogens (tertiary/aromatic N) is 1. The van der Waals surface area contributed by atoms with E-state index in [9.17, 15) is 0 Å². The average molecular weight is 225 g/mol. The smallest absolute Gasteiger partial charge is 0.0989 e. The standard InChI is InChI=1S/C12H19NOS/c1-11(15)8-13(10-14-2)9-12-6-4-3-5-7-12/h3-7,11,15H,8-10H2,1-2H3. The van der Waals surface area contributed by atoms with Crippen LogP contribution in [0.4, 0.5) is 0 Å². The van der Waals surface area contributed by atoms with E-state index in [-0.39, 0.29) is 0 Å². The van der Waals surface area contributed by atoms with Crippen LogP contribution in [0.3, 0.4) is 0 Å². The van der Waals surface area contributed by atoms with Gasteiger partial charge < -0.3 is 4.74 Å². The van der Waals surface area contributed by atoms with Gasteiger partial charge >= 0.3 is 0 Å². The lowest BCUT2D eigenvalue weighted by Gasteiger charge is -2.22. The van der Waals surface area contributed by atoms with E-state index in [1.807, 2.05) is 6.07 Å². The van der Waals surface area contributed by atoms with Crippen molar-refractivity contribution in [2.75, 3.05) is 20.4 Å². The monoisotopic (exact) mass is 225 g/mol. The fourth-order valence-electron chi connectivity index (χ4n) is 1.56. The van der Waals surface area contributed by atoms with Gasteiger partial charge in [0, 0.05) is 25.4 Å². The maximum absolute atomic E-state index is 5.17. The van der Waals surface area contributed by atoms with Gasteiger partial charge in [0.2, 0.25) is 0 Å². The van der Waals surface area contributed by atoms with Gasteiger partial charge in [-0.15, -0.1) is 0 Å². The molecule has 1 unspecified atom stereocenters. The maximum Gasteiger partial charge on any atom is 0.0989 e. The van der Waals surface area contributed by atoms with Gasteiger partial charge in [-0.25, -0.2) is 0 Å².